The summed E-state index contributed by atoms with van der Waals surface area (Å²) in [4.78, 5) is 0. The molecule has 1 N–H and O–H groups in total. The molecule has 0 aliphatic rings. The number of halogens is 3. The van der Waals surface area contributed by atoms with E-state index in [2.05, 4.69) is 15.9 Å². The molecule has 0 spiro atoms. The second-order valence-electron chi connectivity index (χ2n) is 2.27. The lowest BCUT2D eigenvalue weighted by Crippen LogP contribution is -2.14. The number of rotatable bonds is 2. The van der Waals surface area contributed by atoms with Crippen LogP contribution in [-0.2, 0) is 11.8 Å². The van der Waals surface area contributed by atoms with E-state index in [4.69, 9.17) is 4.55 Å². The lowest BCUT2D eigenvalue weighted by molar-refractivity contribution is 0.562. The van der Waals surface area contributed by atoms with Gasteiger partial charge in [0.25, 0.3) is 0 Å². The summed E-state index contributed by atoms with van der Waals surface area (Å²) in [6.07, 6.45) is 0. The third kappa shape index (κ3) is 3.11. The van der Waals surface area contributed by atoms with E-state index in [9.17, 15) is 4.21 Å². The van der Waals surface area contributed by atoms with Gasteiger partial charge < -0.3 is 4.55 Å². The van der Waals surface area contributed by atoms with E-state index in [1.54, 1.807) is 0 Å². The largest absolute Gasteiger partial charge is 0.304 e. The topological polar surface area (TPSA) is 37.3 Å². The minimum atomic E-state index is -1.88. The Bertz CT molecular complexity index is 326. The molecule has 0 aromatic heterocycles. The fourth-order valence-electron chi connectivity index (χ4n) is 0.745. The predicted octanol–water partition coefficient (Wildman–Crippen LogP) is 3.65. The average Bonchev–Trinajstić information content (AvgIpc) is 2.04. The van der Waals surface area contributed by atoms with Gasteiger partial charge in [0.05, 0.1) is 0 Å². The molecule has 0 heterocycles. The highest BCUT2D eigenvalue weighted by molar-refractivity contribution is 14.2. The molecular weight excluding hydrogens is 482 g/mol. The predicted molar refractivity (Wildman–Crippen MR) is 74.6 cm³/mol. The van der Waals surface area contributed by atoms with E-state index < -0.39 is 11.8 Å². The lowest BCUT2D eigenvalue weighted by atomic mass is 10.2. The van der Waals surface area contributed by atoms with E-state index in [-0.39, 0.29) is 0 Å². The zero-order chi connectivity index (χ0) is 10.1. The van der Waals surface area contributed by atoms with Crippen LogP contribution in [0.2, 0.25) is 0 Å². The van der Waals surface area contributed by atoms with Crippen molar-refractivity contribution in [2.24, 2.45) is 0 Å². The van der Waals surface area contributed by atoms with Gasteiger partial charge in [0.1, 0.15) is 0 Å². The molecular formula is C7H5BrI2O2S. The Labute approximate surface area is 115 Å². The molecule has 72 valence electrons. The van der Waals surface area contributed by atoms with Crippen molar-refractivity contribution in [3.05, 3.63) is 34.3 Å². The summed E-state index contributed by atoms with van der Waals surface area (Å²) in [7, 11) is 0. The van der Waals surface area contributed by atoms with Crippen LogP contribution in [0.15, 0.2) is 28.7 Å². The van der Waals surface area contributed by atoms with Crippen molar-refractivity contribution >= 4 is 72.2 Å². The monoisotopic (exact) mass is 486 g/mol. The molecule has 1 aromatic carbocycles. The van der Waals surface area contributed by atoms with Crippen molar-refractivity contribution < 1.29 is 8.76 Å². The summed E-state index contributed by atoms with van der Waals surface area (Å²) in [5.41, 5.74) is 0.831. The van der Waals surface area contributed by atoms with Gasteiger partial charge >= 0.3 is 0 Å². The van der Waals surface area contributed by atoms with Crippen LogP contribution in [0.25, 0.3) is 0 Å². The number of hydrogen-bond donors (Lipinski definition) is 1. The highest BCUT2D eigenvalue weighted by Gasteiger charge is 2.31. The lowest BCUT2D eigenvalue weighted by Gasteiger charge is -2.16. The molecule has 1 unspecified atom stereocenters. The van der Waals surface area contributed by atoms with Gasteiger partial charge in [-0.15, -0.1) is 0 Å². The number of hydrogen-bond acceptors (Lipinski definition) is 1. The number of alkyl halides is 2. The molecule has 1 aromatic rings. The SMILES string of the molecule is O=S(O)C(I)(I)c1ccc(Br)cc1. The van der Waals surface area contributed by atoms with E-state index in [0.29, 0.717) is 0 Å². The van der Waals surface area contributed by atoms with Crippen molar-refractivity contribution in [2.75, 3.05) is 0 Å². The van der Waals surface area contributed by atoms with E-state index in [1.165, 1.54) is 0 Å². The summed E-state index contributed by atoms with van der Waals surface area (Å²) in [5, 5.41) is 0. The van der Waals surface area contributed by atoms with Gasteiger partial charge in [0.15, 0.2) is 11.8 Å². The van der Waals surface area contributed by atoms with Gasteiger partial charge in [-0.2, -0.15) is 0 Å². The minimum Gasteiger partial charge on any atom is -0.304 e. The summed E-state index contributed by atoms with van der Waals surface area (Å²) >= 11 is 5.36. The molecule has 0 amide bonds. The molecule has 0 fully saturated rings. The van der Waals surface area contributed by atoms with Gasteiger partial charge in [-0.25, -0.2) is 4.21 Å². The van der Waals surface area contributed by atoms with E-state index >= 15 is 0 Å². The molecule has 0 aliphatic heterocycles. The molecule has 13 heavy (non-hydrogen) atoms. The highest BCUT2D eigenvalue weighted by Crippen LogP contribution is 2.42. The quantitative estimate of drug-likeness (QED) is 0.394. The highest BCUT2D eigenvalue weighted by atomic mass is 127. The van der Waals surface area contributed by atoms with Gasteiger partial charge in [-0.05, 0) is 62.9 Å². The summed E-state index contributed by atoms with van der Waals surface area (Å²) in [6, 6.07) is 7.37. The first-order valence-corrected chi connectivity index (χ1v) is 7.25. The molecule has 0 bridgehead atoms. The van der Waals surface area contributed by atoms with Gasteiger partial charge in [-0.1, -0.05) is 28.1 Å². The van der Waals surface area contributed by atoms with Crippen LogP contribution in [0, 0.1) is 0 Å². The maximum atomic E-state index is 11.0. The van der Waals surface area contributed by atoms with E-state index in [0.717, 1.165) is 10.0 Å². The Morgan fingerprint density at radius 3 is 2.15 bits per heavy atom. The van der Waals surface area contributed by atoms with Crippen molar-refractivity contribution in [2.45, 2.75) is 0.760 Å². The Hall–Kier alpha value is 1.27. The van der Waals surface area contributed by atoms with Gasteiger partial charge in [0, 0.05) is 4.47 Å². The Morgan fingerprint density at radius 2 is 1.77 bits per heavy atom. The molecule has 0 radical (unpaired) electrons. The zero-order valence-corrected chi connectivity index (χ0v) is 12.9. The van der Waals surface area contributed by atoms with E-state index in [1.807, 2.05) is 69.4 Å². The van der Waals surface area contributed by atoms with Crippen molar-refractivity contribution in [3.63, 3.8) is 0 Å². The average molecular weight is 487 g/mol. The molecule has 2 nitrogen and oxygen atoms in total. The number of benzene rings is 1. The first-order valence-electron chi connectivity index (χ1n) is 3.19. The molecule has 0 saturated carbocycles. The normalized spacial score (nSPS) is 14.2. The van der Waals surface area contributed by atoms with Gasteiger partial charge in [-0.3, -0.25) is 0 Å². The third-order valence-corrected chi connectivity index (χ3v) is 6.11. The molecule has 6 heteroatoms. The van der Waals surface area contributed by atoms with Crippen molar-refractivity contribution in [1.29, 1.82) is 0 Å². The molecule has 1 rings (SSSR count). The Kier molecular flexibility index (Phi) is 4.62. The van der Waals surface area contributed by atoms with Gasteiger partial charge in [0.2, 0.25) is 0 Å². The smallest absolute Gasteiger partial charge is 0.197 e. The minimum absolute atomic E-state index is 0.768. The van der Waals surface area contributed by atoms with Crippen LogP contribution in [0.5, 0.6) is 0 Å². The second kappa shape index (κ2) is 4.86. The van der Waals surface area contributed by atoms with Crippen molar-refractivity contribution in [3.8, 4) is 0 Å². The molecule has 0 saturated heterocycles. The summed E-state index contributed by atoms with van der Waals surface area (Å²) in [6.45, 7) is 0. The fourth-order valence-corrected chi connectivity index (χ4v) is 2.07. The van der Waals surface area contributed by atoms with Crippen LogP contribution in [0.4, 0.5) is 0 Å². The first kappa shape index (κ1) is 12.3. The van der Waals surface area contributed by atoms with Crippen LogP contribution in [-0.4, -0.2) is 8.76 Å². The fraction of sp³-hybridized carbons (Fsp3) is 0.143. The van der Waals surface area contributed by atoms with Crippen LogP contribution < -0.4 is 0 Å². The third-order valence-electron chi connectivity index (χ3n) is 1.40. The summed E-state index contributed by atoms with van der Waals surface area (Å²) < 4.78 is 20.2. The standard InChI is InChI=1S/C7H5BrI2O2S/c8-6-3-1-5(2-4-6)7(9,10)13(11)12/h1-4H,(H,11,12). The zero-order valence-electron chi connectivity index (χ0n) is 6.21. The first-order chi connectivity index (χ1) is 5.94. The Balaban J connectivity index is 3.08. The van der Waals surface area contributed by atoms with Crippen LogP contribution in [0.1, 0.15) is 5.56 Å². The van der Waals surface area contributed by atoms with Crippen LogP contribution in [0.3, 0.4) is 0 Å². The second-order valence-corrected chi connectivity index (χ2v) is 11.1. The maximum absolute atomic E-state index is 11.0. The maximum Gasteiger partial charge on any atom is 0.197 e. The molecule has 0 aliphatic carbocycles. The summed E-state index contributed by atoms with van der Waals surface area (Å²) in [5.74, 6) is 0. The van der Waals surface area contributed by atoms with Crippen molar-refractivity contribution in [1.82, 2.24) is 0 Å². The Morgan fingerprint density at radius 1 is 1.31 bits per heavy atom. The molecule has 1 atom stereocenters. The van der Waals surface area contributed by atoms with Crippen LogP contribution >= 0.6 is 61.1 Å².